The summed E-state index contributed by atoms with van der Waals surface area (Å²) >= 11 is 0. The first-order chi connectivity index (χ1) is 12.6. The average Bonchev–Trinajstić information content (AvgIpc) is 2.67. The first-order valence-corrected chi connectivity index (χ1v) is 8.86. The lowest BCUT2D eigenvalue weighted by Crippen LogP contribution is -2.52. The molecule has 1 saturated heterocycles. The molecule has 2 aromatic rings. The number of hydrogen-bond acceptors (Lipinski definition) is 3. The molecule has 1 N–H and O–H groups in total. The Morgan fingerprint density at radius 1 is 1.08 bits per heavy atom. The molecule has 0 atom stereocenters. The van der Waals surface area contributed by atoms with Crippen LogP contribution in [-0.4, -0.2) is 50.3 Å². The van der Waals surface area contributed by atoms with E-state index in [4.69, 9.17) is 4.74 Å². The van der Waals surface area contributed by atoms with Crippen LogP contribution >= 0.6 is 0 Å². The Hall–Kier alpha value is -2.76. The number of piperazine rings is 1. The van der Waals surface area contributed by atoms with E-state index in [0.717, 1.165) is 11.3 Å². The molecule has 0 saturated carbocycles. The van der Waals surface area contributed by atoms with Crippen molar-refractivity contribution in [1.29, 1.82) is 0 Å². The number of nitrogens with zero attached hydrogens (tertiary/aromatic N) is 2. The summed E-state index contributed by atoms with van der Waals surface area (Å²) in [4.78, 5) is 16.0. The molecule has 1 heterocycles. The monoisotopic (exact) mass is 357 g/mol. The standard InChI is InChI=1S/C20H24FN3O2/c1-16-6-2-5-9-19(16)26-15-10-22-20(25)24-13-11-23(12-14-24)18-8-4-3-7-17(18)21/h2-9H,10-15H2,1H3,(H,22,25). The van der Waals surface area contributed by atoms with Crippen LogP contribution in [0.15, 0.2) is 48.5 Å². The number of urea groups is 1. The van der Waals surface area contributed by atoms with Crippen molar-refractivity contribution < 1.29 is 13.9 Å². The Balaban J connectivity index is 1.40. The van der Waals surface area contributed by atoms with Gasteiger partial charge in [-0.3, -0.25) is 0 Å². The molecule has 0 bridgehead atoms. The normalized spacial score (nSPS) is 14.2. The van der Waals surface area contributed by atoms with E-state index >= 15 is 0 Å². The maximum Gasteiger partial charge on any atom is 0.317 e. The number of hydrogen-bond donors (Lipinski definition) is 1. The fourth-order valence-corrected chi connectivity index (χ4v) is 3.01. The highest BCUT2D eigenvalue weighted by atomic mass is 19.1. The minimum absolute atomic E-state index is 0.105. The maximum atomic E-state index is 13.9. The zero-order valence-corrected chi connectivity index (χ0v) is 15.0. The Labute approximate surface area is 153 Å². The lowest BCUT2D eigenvalue weighted by Gasteiger charge is -2.36. The molecule has 5 nitrogen and oxygen atoms in total. The van der Waals surface area contributed by atoms with Gasteiger partial charge < -0.3 is 19.9 Å². The van der Waals surface area contributed by atoms with Gasteiger partial charge in [-0.1, -0.05) is 30.3 Å². The summed E-state index contributed by atoms with van der Waals surface area (Å²) in [6.45, 7) is 5.23. The van der Waals surface area contributed by atoms with Gasteiger partial charge in [0.2, 0.25) is 0 Å². The molecule has 2 amide bonds. The van der Waals surface area contributed by atoms with Crippen molar-refractivity contribution in [3.63, 3.8) is 0 Å². The van der Waals surface area contributed by atoms with E-state index in [1.54, 1.807) is 17.0 Å². The molecule has 6 heteroatoms. The highest BCUT2D eigenvalue weighted by Gasteiger charge is 2.22. The van der Waals surface area contributed by atoms with E-state index in [1.807, 2.05) is 42.2 Å². The molecule has 1 aliphatic rings. The fraction of sp³-hybridized carbons (Fsp3) is 0.350. The van der Waals surface area contributed by atoms with Crippen LogP contribution in [0.4, 0.5) is 14.9 Å². The SMILES string of the molecule is Cc1ccccc1OCCNC(=O)N1CCN(c2ccccc2F)CC1. The first kappa shape index (κ1) is 18.0. The Morgan fingerprint density at radius 2 is 1.77 bits per heavy atom. The van der Waals surface area contributed by atoms with Crippen LogP contribution in [0, 0.1) is 12.7 Å². The second-order valence-corrected chi connectivity index (χ2v) is 6.27. The summed E-state index contributed by atoms with van der Waals surface area (Å²) in [7, 11) is 0. The van der Waals surface area contributed by atoms with Gasteiger partial charge in [0, 0.05) is 26.2 Å². The molecule has 3 rings (SSSR count). The number of rotatable bonds is 5. The lowest BCUT2D eigenvalue weighted by molar-refractivity contribution is 0.191. The number of halogens is 1. The molecule has 1 aliphatic heterocycles. The molecule has 0 aliphatic carbocycles. The highest BCUT2D eigenvalue weighted by Crippen LogP contribution is 2.20. The molecular formula is C20H24FN3O2. The second kappa shape index (κ2) is 8.56. The molecule has 26 heavy (non-hydrogen) atoms. The van der Waals surface area contributed by atoms with Crippen LogP contribution < -0.4 is 15.0 Å². The summed E-state index contributed by atoms with van der Waals surface area (Å²) in [6, 6.07) is 14.4. The number of nitrogens with one attached hydrogen (secondary N) is 1. The number of carbonyl (C=O) groups is 1. The molecule has 0 radical (unpaired) electrons. The molecule has 2 aromatic carbocycles. The second-order valence-electron chi connectivity index (χ2n) is 6.27. The first-order valence-electron chi connectivity index (χ1n) is 8.86. The summed E-state index contributed by atoms with van der Waals surface area (Å²) in [5.41, 5.74) is 1.67. The van der Waals surface area contributed by atoms with Crippen LogP contribution in [-0.2, 0) is 0 Å². The van der Waals surface area contributed by atoms with Crippen molar-refractivity contribution in [2.45, 2.75) is 6.92 Å². The molecular weight excluding hydrogens is 333 g/mol. The van der Waals surface area contributed by atoms with Gasteiger partial charge in [-0.05, 0) is 30.7 Å². The minimum Gasteiger partial charge on any atom is -0.491 e. The number of ether oxygens (including phenoxy) is 1. The molecule has 0 aromatic heterocycles. The van der Waals surface area contributed by atoms with Crippen molar-refractivity contribution in [3.05, 3.63) is 59.9 Å². The topological polar surface area (TPSA) is 44.8 Å². The number of anilines is 1. The van der Waals surface area contributed by atoms with Crippen molar-refractivity contribution in [2.75, 3.05) is 44.2 Å². The number of amides is 2. The van der Waals surface area contributed by atoms with Gasteiger partial charge in [0.05, 0.1) is 12.2 Å². The smallest absolute Gasteiger partial charge is 0.317 e. The van der Waals surface area contributed by atoms with E-state index in [0.29, 0.717) is 45.0 Å². The maximum absolute atomic E-state index is 13.9. The Morgan fingerprint density at radius 3 is 2.50 bits per heavy atom. The van der Waals surface area contributed by atoms with E-state index in [9.17, 15) is 9.18 Å². The summed E-state index contributed by atoms with van der Waals surface area (Å²) in [5.74, 6) is 0.610. The lowest BCUT2D eigenvalue weighted by atomic mass is 10.2. The predicted octanol–water partition coefficient (Wildman–Crippen LogP) is 3.04. The number of benzene rings is 2. The van der Waals surface area contributed by atoms with Gasteiger partial charge >= 0.3 is 6.03 Å². The molecule has 0 spiro atoms. The Bertz CT molecular complexity index is 745. The van der Waals surface area contributed by atoms with Crippen LogP contribution in [0.25, 0.3) is 0 Å². The van der Waals surface area contributed by atoms with E-state index in [-0.39, 0.29) is 11.8 Å². The number of carbonyl (C=O) groups excluding carboxylic acids is 1. The summed E-state index contributed by atoms with van der Waals surface area (Å²) in [6.07, 6.45) is 0. The molecule has 1 fully saturated rings. The van der Waals surface area contributed by atoms with Crippen LogP contribution in [0.3, 0.4) is 0 Å². The third-order valence-electron chi connectivity index (χ3n) is 4.49. The summed E-state index contributed by atoms with van der Waals surface area (Å²) < 4.78 is 19.5. The number of para-hydroxylation sites is 2. The van der Waals surface area contributed by atoms with Gasteiger partial charge in [0.25, 0.3) is 0 Å². The third kappa shape index (κ3) is 4.45. The largest absolute Gasteiger partial charge is 0.491 e. The van der Waals surface area contributed by atoms with Gasteiger partial charge in [-0.25, -0.2) is 9.18 Å². The zero-order chi connectivity index (χ0) is 18.4. The van der Waals surface area contributed by atoms with Crippen molar-refractivity contribution in [2.24, 2.45) is 0 Å². The highest BCUT2D eigenvalue weighted by molar-refractivity contribution is 5.74. The molecule has 0 unspecified atom stereocenters. The average molecular weight is 357 g/mol. The van der Waals surface area contributed by atoms with Crippen LogP contribution in [0.5, 0.6) is 5.75 Å². The van der Waals surface area contributed by atoms with E-state index < -0.39 is 0 Å². The third-order valence-corrected chi connectivity index (χ3v) is 4.49. The molecule has 138 valence electrons. The number of aryl methyl sites for hydroxylation is 1. The Kier molecular flexibility index (Phi) is 5.94. The summed E-state index contributed by atoms with van der Waals surface area (Å²) in [5, 5.41) is 2.88. The van der Waals surface area contributed by atoms with Gasteiger partial charge in [-0.2, -0.15) is 0 Å². The van der Waals surface area contributed by atoms with Crippen LogP contribution in [0.1, 0.15) is 5.56 Å². The van der Waals surface area contributed by atoms with Gasteiger partial charge in [0.1, 0.15) is 18.2 Å². The fourth-order valence-electron chi connectivity index (χ4n) is 3.01. The quantitative estimate of drug-likeness (QED) is 0.837. The minimum atomic E-state index is -0.223. The van der Waals surface area contributed by atoms with E-state index in [2.05, 4.69) is 5.32 Å². The predicted molar refractivity (Wildman–Crippen MR) is 100 cm³/mol. The van der Waals surface area contributed by atoms with Crippen LogP contribution in [0.2, 0.25) is 0 Å². The van der Waals surface area contributed by atoms with Gasteiger partial charge in [0.15, 0.2) is 0 Å². The van der Waals surface area contributed by atoms with E-state index in [1.165, 1.54) is 6.07 Å². The van der Waals surface area contributed by atoms with Gasteiger partial charge in [-0.15, -0.1) is 0 Å². The van der Waals surface area contributed by atoms with Crippen molar-refractivity contribution in [3.8, 4) is 5.75 Å². The van der Waals surface area contributed by atoms with Crippen molar-refractivity contribution >= 4 is 11.7 Å². The van der Waals surface area contributed by atoms with Crippen molar-refractivity contribution in [1.82, 2.24) is 10.2 Å². The zero-order valence-electron chi connectivity index (χ0n) is 15.0.